The predicted octanol–water partition coefficient (Wildman–Crippen LogP) is -0.202. The van der Waals surface area contributed by atoms with Crippen molar-refractivity contribution in [3.8, 4) is 0 Å². The van der Waals surface area contributed by atoms with E-state index in [1.165, 1.54) is 0 Å². The molecule has 0 spiro atoms. The molecule has 0 amide bonds. The van der Waals surface area contributed by atoms with Crippen molar-refractivity contribution in [1.82, 2.24) is 0 Å². The van der Waals surface area contributed by atoms with Gasteiger partial charge in [0, 0.05) is 0 Å². The standard InChI is InChI=1S/C10H22O5/c1-9(7-11)14-5-3-13-4-6-15-10(2)8-12/h9-12H,3-8H2,1-2H3/t9-,10-/m0/s1. The molecule has 0 aromatic carbocycles. The van der Waals surface area contributed by atoms with Crippen molar-refractivity contribution in [2.24, 2.45) is 0 Å². The molecule has 0 bridgehead atoms. The van der Waals surface area contributed by atoms with Gasteiger partial charge in [0.1, 0.15) is 0 Å². The summed E-state index contributed by atoms with van der Waals surface area (Å²) < 4.78 is 15.6. The highest BCUT2D eigenvalue weighted by Gasteiger charge is 2.00. The fourth-order valence-electron chi connectivity index (χ4n) is 0.824. The zero-order chi connectivity index (χ0) is 11.5. The van der Waals surface area contributed by atoms with Crippen LogP contribution in [0.25, 0.3) is 0 Å². The van der Waals surface area contributed by atoms with Gasteiger partial charge in [-0.2, -0.15) is 0 Å². The van der Waals surface area contributed by atoms with Crippen molar-refractivity contribution >= 4 is 0 Å². The molecule has 2 atom stereocenters. The first kappa shape index (κ1) is 14.8. The molecule has 0 aliphatic heterocycles. The van der Waals surface area contributed by atoms with Crippen LogP contribution in [0.3, 0.4) is 0 Å². The maximum Gasteiger partial charge on any atom is 0.0778 e. The molecular weight excluding hydrogens is 200 g/mol. The first-order valence-electron chi connectivity index (χ1n) is 5.23. The SMILES string of the molecule is C[C@@H](CO)OCCOCCO[C@@H](C)CO. The molecule has 0 saturated carbocycles. The highest BCUT2D eigenvalue weighted by molar-refractivity contribution is 4.45. The second-order valence-electron chi connectivity index (χ2n) is 3.34. The van der Waals surface area contributed by atoms with Gasteiger partial charge in [0.25, 0.3) is 0 Å². The van der Waals surface area contributed by atoms with Crippen LogP contribution in [0.5, 0.6) is 0 Å². The molecule has 5 heteroatoms. The molecule has 0 unspecified atom stereocenters. The topological polar surface area (TPSA) is 68.2 Å². The monoisotopic (exact) mass is 222 g/mol. The van der Waals surface area contributed by atoms with E-state index >= 15 is 0 Å². The number of aliphatic hydroxyl groups excluding tert-OH is 2. The van der Waals surface area contributed by atoms with Crippen LogP contribution in [0, 0.1) is 0 Å². The Morgan fingerprint density at radius 3 is 1.53 bits per heavy atom. The minimum absolute atomic E-state index is 0.0249. The van der Waals surface area contributed by atoms with Gasteiger partial charge in [-0.3, -0.25) is 0 Å². The largest absolute Gasteiger partial charge is 0.394 e. The zero-order valence-electron chi connectivity index (χ0n) is 9.52. The fourth-order valence-corrected chi connectivity index (χ4v) is 0.824. The smallest absolute Gasteiger partial charge is 0.0778 e. The molecule has 0 aromatic rings. The number of hydrogen-bond donors (Lipinski definition) is 2. The van der Waals surface area contributed by atoms with Gasteiger partial charge in [-0.15, -0.1) is 0 Å². The average molecular weight is 222 g/mol. The first-order valence-corrected chi connectivity index (χ1v) is 5.23. The number of aliphatic hydroxyl groups is 2. The van der Waals surface area contributed by atoms with Gasteiger partial charge >= 0.3 is 0 Å². The molecule has 15 heavy (non-hydrogen) atoms. The highest BCUT2D eigenvalue weighted by Crippen LogP contribution is 1.90. The van der Waals surface area contributed by atoms with Gasteiger partial charge in [0.2, 0.25) is 0 Å². The maximum atomic E-state index is 8.65. The molecule has 0 aliphatic carbocycles. The van der Waals surface area contributed by atoms with Crippen LogP contribution >= 0.6 is 0 Å². The number of rotatable bonds is 10. The third-order valence-electron chi connectivity index (χ3n) is 1.77. The summed E-state index contributed by atoms with van der Waals surface area (Å²) >= 11 is 0. The minimum atomic E-state index is -0.140. The maximum absolute atomic E-state index is 8.65. The van der Waals surface area contributed by atoms with E-state index in [-0.39, 0.29) is 25.4 Å². The van der Waals surface area contributed by atoms with Crippen molar-refractivity contribution in [2.75, 3.05) is 39.6 Å². The zero-order valence-corrected chi connectivity index (χ0v) is 9.52. The van der Waals surface area contributed by atoms with Crippen molar-refractivity contribution < 1.29 is 24.4 Å². The van der Waals surface area contributed by atoms with E-state index in [0.717, 1.165) is 0 Å². The Kier molecular flexibility index (Phi) is 10.2. The van der Waals surface area contributed by atoms with E-state index in [2.05, 4.69) is 0 Å². The van der Waals surface area contributed by atoms with Crippen molar-refractivity contribution in [2.45, 2.75) is 26.1 Å². The second-order valence-corrected chi connectivity index (χ2v) is 3.34. The van der Waals surface area contributed by atoms with Gasteiger partial charge in [0.05, 0.1) is 51.8 Å². The van der Waals surface area contributed by atoms with E-state index < -0.39 is 0 Å². The molecule has 92 valence electrons. The number of hydrogen-bond acceptors (Lipinski definition) is 5. The lowest BCUT2D eigenvalue weighted by Crippen LogP contribution is -2.19. The highest BCUT2D eigenvalue weighted by atomic mass is 16.6. The van der Waals surface area contributed by atoms with E-state index in [1.54, 1.807) is 13.8 Å². The molecule has 0 fully saturated rings. The Bertz CT molecular complexity index is 117. The molecule has 0 aliphatic rings. The van der Waals surface area contributed by atoms with Crippen LogP contribution in [0.2, 0.25) is 0 Å². The number of ether oxygens (including phenoxy) is 3. The van der Waals surface area contributed by atoms with Gasteiger partial charge < -0.3 is 24.4 Å². The van der Waals surface area contributed by atoms with Crippen LogP contribution in [-0.2, 0) is 14.2 Å². The summed E-state index contributed by atoms with van der Waals surface area (Å²) in [5, 5.41) is 17.3. The Morgan fingerprint density at radius 1 is 0.800 bits per heavy atom. The van der Waals surface area contributed by atoms with Gasteiger partial charge in [-0.05, 0) is 13.8 Å². The van der Waals surface area contributed by atoms with Gasteiger partial charge in [-0.1, -0.05) is 0 Å². The second kappa shape index (κ2) is 10.3. The Morgan fingerprint density at radius 2 is 1.20 bits per heavy atom. The molecule has 2 N–H and O–H groups in total. The predicted molar refractivity (Wildman–Crippen MR) is 55.8 cm³/mol. The summed E-state index contributed by atoms with van der Waals surface area (Å²) in [4.78, 5) is 0. The lowest BCUT2D eigenvalue weighted by molar-refractivity contribution is -0.0371. The molecule has 0 radical (unpaired) electrons. The molecule has 0 aromatic heterocycles. The fraction of sp³-hybridized carbons (Fsp3) is 1.00. The van der Waals surface area contributed by atoms with Crippen LogP contribution in [0.1, 0.15) is 13.8 Å². The lowest BCUT2D eigenvalue weighted by Gasteiger charge is -2.11. The van der Waals surface area contributed by atoms with Crippen molar-refractivity contribution in [3.63, 3.8) is 0 Å². The Balaban J connectivity index is 3.05. The summed E-state index contributed by atoms with van der Waals surface area (Å²) in [6.45, 7) is 5.56. The quantitative estimate of drug-likeness (QED) is 0.501. The van der Waals surface area contributed by atoms with Crippen LogP contribution in [0.4, 0.5) is 0 Å². The minimum Gasteiger partial charge on any atom is -0.394 e. The normalized spacial score (nSPS) is 15.2. The van der Waals surface area contributed by atoms with Crippen LogP contribution < -0.4 is 0 Å². The van der Waals surface area contributed by atoms with Crippen molar-refractivity contribution in [3.05, 3.63) is 0 Å². The molecular formula is C10H22O5. The van der Waals surface area contributed by atoms with Crippen LogP contribution in [0.15, 0.2) is 0 Å². The molecule has 0 heterocycles. The van der Waals surface area contributed by atoms with E-state index in [4.69, 9.17) is 24.4 Å². The van der Waals surface area contributed by atoms with Gasteiger partial charge in [-0.25, -0.2) is 0 Å². The third-order valence-corrected chi connectivity index (χ3v) is 1.77. The van der Waals surface area contributed by atoms with E-state index in [1.807, 2.05) is 0 Å². The Hall–Kier alpha value is -0.200. The summed E-state index contributed by atoms with van der Waals surface area (Å²) in [5.74, 6) is 0. The van der Waals surface area contributed by atoms with E-state index in [9.17, 15) is 0 Å². The van der Waals surface area contributed by atoms with Gasteiger partial charge in [0.15, 0.2) is 0 Å². The molecule has 0 rings (SSSR count). The summed E-state index contributed by atoms with van der Waals surface area (Å²) in [6, 6.07) is 0. The first-order chi connectivity index (χ1) is 7.20. The molecule has 0 saturated heterocycles. The third kappa shape index (κ3) is 10.1. The van der Waals surface area contributed by atoms with E-state index in [0.29, 0.717) is 26.4 Å². The lowest BCUT2D eigenvalue weighted by atomic mass is 10.4. The summed E-state index contributed by atoms with van der Waals surface area (Å²) in [7, 11) is 0. The van der Waals surface area contributed by atoms with Crippen molar-refractivity contribution in [1.29, 1.82) is 0 Å². The summed E-state index contributed by atoms with van der Waals surface area (Å²) in [5.41, 5.74) is 0. The summed E-state index contributed by atoms with van der Waals surface area (Å²) in [6.07, 6.45) is -0.279. The Labute approximate surface area is 91.0 Å². The molecule has 5 nitrogen and oxygen atoms in total. The average Bonchev–Trinajstić information content (AvgIpc) is 2.26. The van der Waals surface area contributed by atoms with Crippen LogP contribution in [-0.4, -0.2) is 62.1 Å².